The number of carbonyl (C=O) groups is 2. The Balaban J connectivity index is 1.77. The summed E-state index contributed by atoms with van der Waals surface area (Å²) >= 11 is 5.88. The maximum absolute atomic E-state index is 12.7. The third-order valence-corrected chi connectivity index (χ3v) is 4.18. The Kier molecular flexibility index (Phi) is 4.35. The monoisotopic (exact) mass is 328 g/mol. The van der Waals surface area contributed by atoms with Crippen LogP contribution in [0.15, 0.2) is 48.5 Å². The molecule has 0 aliphatic heterocycles. The van der Waals surface area contributed by atoms with Crippen LogP contribution in [0.2, 0.25) is 5.02 Å². The van der Waals surface area contributed by atoms with E-state index >= 15 is 0 Å². The SMILES string of the molecule is NC(=O)c1ccc(CN(C(=O)c2ccc(Cl)cc2)C2CC2)cc1. The molecule has 1 aliphatic carbocycles. The Morgan fingerprint density at radius 1 is 1.00 bits per heavy atom. The van der Waals surface area contributed by atoms with Crippen molar-refractivity contribution >= 4 is 23.4 Å². The molecule has 5 heteroatoms. The number of nitrogens with zero attached hydrogens (tertiary/aromatic N) is 1. The van der Waals surface area contributed by atoms with E-state index in [1.165, 1.54) is 0 Å². The molecule has 23 heavy (non-hydrogen) atoms. The van der Waals surface area contributed by atoms with E-state index in [4.69, 9.17) is 17.3 Å². The van der Waals surface area contributed by atoms with Crippen LogP contribution in [-0.2, 0) is 6.54 Å². The van der Waals surface area contributed by atoms with Crippen LogP contribution in [0.3, 0.4) is 0 Å². The van der Waals surface area contributed by atoms with Crippen molar-refractivity contribution in [1.82, 2.24) is 4.90 Å². The third kappa shape index (κ3) is 3.71. The fourth-order valence-corrected chi connectivity index (χ4v) is 2.61. The molecule has 0 spiro atoms. The van der Waals surface area contributed by atoms with Crippen molar-refractivity contribution in [3.63, 3.8) is 0 Å². The second-order valence-corrected chi connectivity index (χ2v) is 6.17. The highest BCUT2D eigenvalue weighted by atomic mass is 35.5. The predicted molar refractivity (Wildman–Crippen MR) is 89.3 cm³/mol. The Morgan fingerprint density at radius 3 is 2.09 bits per heavy atom. The maximum atomic E-state index is 12.7. The quantitative estimate of drug-likeness (QED) is 0.915. The topological polar surface area (TPSA) is 63.4 Å². The van der Waals surface area contributed by atoms with E-state index in [0.29, 0.717) is 22.7 Å². The lowest BCUT2D eigenvalue weighted by molar-refractivity contribution is 0.0729. The number of primary amides is 1. The van der Waals surface area contributed by atoms with Crippen molar-refractivity contribution in [1.29, 1.82) is 0 Å². The molecule has 0 bridgehead atoms. The summed E-state index contributed by atoms with van der Waals surface area (Å²) in [7, 11) is 0. The van der Waals surface area contributed by atoms with Gasteiger partial charge in [0.1, 0.15) is 0 Å². The average Bonchev–Trinajstić information content (AvgIpc) is 3.38. The number of amides is 2. The van der Waals surface area contributed by atoms with Gasteiger partial charge in [0.2, 0.25) is 5.91 Å². The number of benzene rings is 2. The first kappa shape index (κ1) is 15.6. The molecule has 4 nitrogen and oxygen atoms in total. The van der Waals surface area contributed by atoms with Gasteiger partial charge in [0, 0.05) is 28.7 Å². The molecule has 0 aromatic heterocycles. The van der Waals surface area contributed by atoms with Crippen molar-refractivity contribution in [3.05, 3.63) is 70.2 Å². The first-order chi connectivity index (χ1) is 11.0. The van der Waals surface area contributed by atoms with Gasteiger partial charge >= 0.3 is 0 Å². The zero-order valence-corrected chi connectivity index (χ0v) is 13.3. The number of hydrogen-bond acceptors (Lipinski definition) is 2. The van der Waals surface area contributed by atoms with E-state index in [9.17, 15) is 9.59 Å². The molecule has 1 saturated carbocycles. The Labute approximate surface area is 139 Å². The van der Waals surface area contributed by atoms with Gasteiger partial charge in [-0.2, -0.15) is 0 Å². The molecule has 2 N–H and O–H groups in total. The molecule has 0 saturated heterocycles. The lowest BCUT2D eigenvalue weighted by Crippen LogP contribution is -2.32. The summed E-state index contributed by atoms with van der Waals surface area (Å²) < 4.78 is 0. The molecule has 0 heterocycles. The molecule has 0 atom stereocenters. The van der Waals surface area contributed by atoms with Gasteiger partial charge in [-0.15, -0.1) is 0 Å². The summed E-state index contributed by atoms with van der Waals surface area (Å²) in [6, 6.07) is 14.3. The summed E-state index contributed by atoms with van der Waals surface area (Å²) in [5, 5.41) is 0.613. The molecular weight excluding hydrogens is 312 g/mol. The molecule has 3 rings (SSSR count). The van der Waals surface area contributed by atoms with Crippen LogP contribution in [0.4, 0.5) is 0 Å². The van der Waals surface area contributed by atoms with Crippen molar-refractivity contribution < 1.29 is 9.59 Å². The molecule has 1 aliphatic rings. The van der Waals surface area contributed by atoms with Crippen molar-refractivity contribution in [2.24, 2.45) is 5.73 Å². The van der Waals surface area contributed by atoms with E-state index in [1.54, 1.807) is 36.4 Å². The molecule has 1 fully saturated rings. The van der Waals surface area contributed by atoms with Crippen LogP contribution in [0.1, 0.15) is 39.1 Å². The number of hydrogen-bond donors (Lipinski definition) is 1. The van der Waals surface area contributed by atoms with Crippen molar-refractivity contribution in [3.8, 4) is 0 Å². The van der Waals surface area contributed by atoms with Gasteiger partial charge in [-0.05, 0) is 54.8 Å². The number of halogens is 1. The summed E-state index contributed by atoms with van der Waals surface area (Å²) in [6.45, 7) is 0.519. The summed E-state index contributed by atoms with van der Waals surface area (Å²) in [5.74, 6) is -0.448. The third-order valence-electron chi connectivity index (χ3n) is 3.93. The Hall–Kier alpha value is -2.33. The lowest BCUT2D eigenvalue weighted by atomic mass is 10.1. The minimum Gasteiger partial charge on any atom is -0.366 e. The first-order valence-electron chi connectivity index (χ1n) is 7.50. The van der Waals surface area contributed by atoms with Gasteiger partial charge in [-0.3, -0.25) is 9.59 Å². The van der Waals surface area contributed by atoms with Crippen LogP contribution < -0.4 is 5.73 Å². The number of carbonyl (C=O) groups excluding carboxylic acids is 2. The molecular formula is C18H17ClN2O2. The summed E-state index contributed by atoms with van der Waals surface area (Å²) in [4.78, 5) is 25.7. The van der Waals surface area contributed by atoms with Gasteiger partial charge < -0.3 is 10.6 Å². The smallest absolute Gasteiger partial charge is 0.254 e. The van der Waals surface area contributed by atoms with Gasteiger partial charge in [0.15, 0.2) is 0 Å². The Bertz CT molecular complexity index is 722. The normalized spacial score (nSPS) is 13.6. The van der Waals surface area contributed by atoms with E-state index in [2.05, 4.69) is 0 Å². The molecule has 118 valence electrons. The van der Waals surface area contributed by atoms with E-state index < -0.39 is 5.91 Å². The zero-order valence-electron chi connectivity index (χ0n) is 12.5. The standard InChI is InChI=1S/C18H17ClN2O2/c19-15-7-5-14(6-8-15)18(23)21(16-9-10-16)11-12-1-3-13(4-2-12)17(20)22/h1-8,16H,9-11H2,(H2,20,22). The summed E-state index contributed by atoms with van der Waals surface area (Å²) in [6.07, 6.45) is 2.05. The molecule has 0 unspecified atom stereocenters. The van der Waals surface area contributed by atoms with E-state index in [1.807, 2.05) is 17.0 Å². The number of rotatable bonds is 5. The van der Waals surface area contributed by atoms with Crippen LogP contribution in [0.5, 0.6) is 0 Å². The van der Waals surface area contributed by atoms with E-state index in [0.717, 1.165) is 18.4 Å². The average molecular weight is 329 g/mol. The fourth-order valence-electron chi connectivity index (χ4n) is 2.48. The predicted octanol–water partition coefficient (Wildman–Crippen LogP) is 3.24. The largest absolute Gasteiger partial charge is 0.366 e. The molecule has 2 aromatic carbocycles. The second kappa shape index (κ2) is 6.42. The number of nitrogens with two attached hydrogens (primary N) is 1. The minimum atomic E-state index is -0.451. The minimum absolute atomic E-state index is 0.00291. The van der Waals surface area contributed by atoms with Gasteiger partial charge in [-0.25, -0.2) is 0 Å². The van der Waals surface area contributed by atoms with Gasteiger partial charge in [0.05, 0.1) is 0 Å². The van der Waals surface area contributed by atoms with Gasteiger partial charge in [0.25, 0.3) is 5.91 Å². The first-order valence-corrected chi connectivity index (χ1v) is 7.87. The van der Waals surface area contributed by atoms with Gasteiger partial charge in [-0.1, -0.05) is 23.7 Å². The lowest BCUT2D eigenvalue weighted by Gasteiger charge is -2.23. The zero-order chi connectivity index (χ0) is 16.4. The summed E-state index contributed by atoms with van der Waals surface area (Å²) in [5.41, 5.74) is 7.32. The molecule has 2 aromatic rings. The highest BCUT2D eigenvalue weighted by Gasteiger charge is 2.33. The fraction of sp³-hybridized carbons (Fsp3) is 0.222. The second-order valence-electron chi connectivity index (χ2n) is 5.73. The maximum Gasteiger partial charge on any atom is 0.254 e. The highest BCUT2D eigenvalue weighted by molar-refractivity contribution is 6.30. The van der Waals surface area contributed by atoms with Crippen molar-refractivity contribution in [2.75, 3.05) is 0 Å². The van der Waals surface area contributed by atoms with Crippen molar-refractivity contribution in [2.45, 2.75) is 25.4 Å². The molecule has 0 radical (unpaired) electrons. The van der Waals surface area contributed by atoms with Crippen LogP contribution in [0, 0.1) is 0 Å². The Morgan fingerprint density at radius 2 is 1.57 bits per heavy atom. The molecule has 2 amide bonds. The van der Waals surface area contributed by atoms with Crippen LogP contribution >= 0.6 is 11.6 Å². The van der Waals surface area contributed by atoms with E-state index in [-0.39, 0.29) is 11.9 Å². The van der Waals surface area contributed by atoms with Crippen LogP contribution in [0.25, 0.3) is 0 Å². The highest BCUT2D eigenvalue weighted by Crippen LogP contribution is 2.30. The van der Waals surface area contributed by atoms with Crippen LogP contribution in [-0.4, -0.2) is 22.8 Å².